The highest BCUT2D eigenvalue weighted by atomic mass is 127. The molecule has 1 aliphatic heterocycles. The average Bonchev–Trinajstić information content (AvgIpc) is 3.33. The van der Waals surface area contributed by atoms with Crippen molar-refractivity contribution in [1.82, 2.24) is 15.5 Å². The van der Waals surface area contributed by atoms with Gasteiger partial charge in [0, 0.05) is 38.3 Å². The minimum Gasteiger partial charge on any atom is -0.354 e. The van der Waals surface area contributed by atoms with Gasteiger partial charge in [-0.05, 0) is 51.0 Å². The third kappa shape index (κ3) is 6.13. The van der Waals surface area contributed by atoms with E-state index in [0.29, 0.717) is 18.1 Å². The predicted molar refractivity (Wildman–Crippen MR) is 117 cm³/mol. The summed E-state index contributed by atoms with van der Waals surface area (Å²) in [6, 6.07) is 12.6. The Morgan fingerprint density at radius 2 is 1.84 bits per heavy atom. The van der Waals surface area contributed by atoms with Gasteiger partial charge in [0.2, 0.25) is 0 Å². The lowest BCUT2D eigenvalue weighted by atomic mass is 10.0. The van der Waals surface area contributed by atoms with Crippen LogP contribution in [0.4, 0.5) is 0 Å². The molecule has 5 heteroatoms. The highest BCUT2D eigenvalue weighted by Gasteiger charge is 2.37. The Balaban J connectivity index is 0.00000225. The lowest BCUT2D eigenvalue weighted by molar-refractivity contribution is 0.167. The van der Waals surface area contributed by atoms with E-state index in [9.17, 15) is 0 Å². The van der Waals surface area contributed by atoms with Crippen LogP contribution in [0.15, 0.2) is 35.3 Å². The fourth-order valence-electron chi connectivity index (χ4n) is 3.67. The molecule has 2 atom stereocenters. The number of rotatable bonds is 5. The van der Waals surface area contributed by atoms with Gasteiger partial charge in [-0.3, -0.25) is 4.99 Å². The van der Waals surface area contributed by atoms with Crippen LogP contribution in [0, 0.1) is 5.92 Å². The molecule has 2 unspecified atom stereocenters. The number of aliphatic imine (C=N–C) groups is 1. The second-order valence-corrected chi connectivity index (χ2v) is 7.56. The van der Waals surface area contributed by atoms with E-state index in [4.69, 9.17) is 0 Å². The molecule has 2 N–H and O–H groups in total. The van der Waals surface area contributed by atoms with Gasteiger partial charge in [-0.15, -0.1) is 24.0 Å². The number of benzene rings is 1. The third-order valence-corrected chi connectivity index (χ3v) is 5.41. The fourth-order valence-corrected chi connectivity index (χ4v) is 3.67. The van der Waals surface area contributed by atoms with Crippen LogP contribution in [0.5, 0.6) is 0 Å². The molecule has 2 fully saturated rings. The maximum Gasteiger partial charge on any atom is 0.191 e. The molecule has 1 heterocycles. The van der Waals surface area contributed by atoms with Gasteiger partial charge in [0.05, 0.1) is 0 Å². The van der Waals surface area contributed by atoms with Gasteiger partial charge in [0.15, 0.2) is 5.96 Å². The summed E-state index contributed by atoms with van der Waals surface area (Å²) in [5.41, 5.74) is 1.44. The first-order valence-electron chi connectivity index (χ1n) is 9.43. The molecule has 0 radical (unpaired) electrons. The number of guanidine groups is 1. The smallest absolute Gasteiger partial charge is 0.191 e. The van der Waals surface area contributed by atoms with Crippen LogP contribution in [0.3, 0.4) is 0 Å². The summed E-state index contributed by atoms with van der Waals surface area (Å²) in [4.78, 5) is 7.00. The van der Waals surface area contributed by atoms with E-state index in [1.807, 2.05) is 7.05 Å². The quantitative estimate of drug-likeness (QED) is 0.406. The molecule has 2 aliphatic rings. The summed E-state index contributed by atoms with van der Waals surface area (Å²) in [6.45, 7) is 6.95. The van der Waals surface area contributed by atoms with Crippen molar-refractivity contribution in [2.75, 3.05) is 20.1 Å². The Hall–Kier alpha value is -0.820. The zero-order valence-corrected chi connectivity index (χ0v) is 18.1. The number of likely N-dealkylation sites (tertiary alicyclic amines) is 1. The normalized spacial score (nSPS) is 24.7. The Labute approximate surface area is 169 Å². The van der Waals surface area contributed by atoms with Crippen molar-refractivity contribution in [2.24, 2.45) is 10.9 Å². The number of hydrogen-bond acceptors (Lipinski definition) is 2. The van der Waals surface area contributed by atoms with E-state index in [2.05, 4.69) is 64.7 Å². The van der Waals surface area contributed by atoms with Gasteiger partial charge in [-0.2, -0.15) is 0 Å². The van der Waals surface area contributed by atoms with E-state index in [1.165, 1.54) is 44.3 Å². The van der Waals surface area contributed by atoms with Crippen LogP contribution in [-0.2, 0) is 6.42 Å². The number of nitrogens with zero attached hydrogens (tertiary/aromatic N) is 2. The second kappa shape index (κ2) is 9.76. The Kier molecular flexibility index (Phi) is 8.00. The van der Waals surface area contributed by atoms with Gasteiger partial charge in [0.25, 0.3) is 0 Å². The Morgan fingerprint density at radius 1 is 1.16 bits per heavy atom. The molecule has 140 valence electrons. The van der Waals surface area contributed by atoms with Crippen LogP contribution in [0.25, 0.3) is 0 Å². The van der Waals surface area contributed by atoms with E-state index < -0.39 is 0 Å². The molecule has 4 nitrogen and oxygen atoms in total. The molecule has 1 aliphatic carbocycles. The molecule has 25 heavy (non-hydrogen) atoms. The van der Waals surface area contributed by atoms with Crippen LogP contribution >= 0.6 is 24.0 Å². The SMILES string of the molecule is CN=C(NC1CCN(C(C)C)CC1)NC1CC1Cc1ccccc1.I. The number of hydrogen-bond donors (Lipinski definition) is 2. The predicted octanol–water partition coefficient (Wildman–Crippen LogP) is 3.27. The highest BCUT2D eigenvalue weighted by Crippen LogP contribution is 2.33. The summed E-state index contributed by atoms with van der Waals surface area (Å²) < 4.78 is 0. The first-order chi connectivity index (χ1) is 11.7. The minimum absolute atomic E-state index is 0. The van der Waals surface area contributed by atoms with Crippen LogP contribution in [-0.4, -0.2) is 49.1 Å². The van der Waals surface area contributed by atoms with Crippen LogP contribution in [0.2, 0.25) is 0 Å². The molecule has 0 aromatic heterocycles. The van der Waals surface area contributed by atoms with Crippen molar-refractivity contribution < 1.29 is 0 Å². The van der Waals surface area contributed by atoms with Gasteiger partial charge < -0.3 is 15.5 Å². The first kappa shape index (κ1) is 20.5. The molecule has 0 spiro atoms. The monoisotopic (exact) mass is 456 g/mol. The average molecular weight is 456 g/mol. The molecule has 0 amide bonds. The summed E-state index contributed by atoms with van der Waals surface area (Å²) in [6.07, 6.45) is 4.83. The van der Waals surface area contributed by atoms with Gasteiger partial charge in [-0.1, -0.05) is 30.3 Å². The summed E-state index contributed by atoms with van der Waals surface area (Å²) in [5.74, 6) is 1.73. The summed E-state index contributed by atoms with van der Waals surface area (Å²) in [5, 5.41) is 7.25. The van der Waals surface area contributed by atoms with Crippen molar-refractivity contribution >= 4 is 29.9 Å². The first-order valence-corrected chi connectivity index (χ1v) is 9.43. The molecular weight excluding hydrogens is 423 g/mol. The highest BCUT2D eigenvalue weighted by molar-refractivity contribution is 14.0. The van der Waals surface area contributed by atoms with Crippen molar-refractivity contribution in [2.45, 2.75) is 57.7 Å². The Bertz CT molecular complexity index is 538. The van der Waals surface area contributed by atoms with Crippen LogP contribution < -0.4 is 10.6 Å². The number of piperidine rings is 1. The van der Waals surface area contributed by atoms with Crippen molar-refractivity contribution in [3.05, 3.63) is 35.9 Å². The van der Waals surface area contributed by atoms with Gasteiger partial charge >= 0.3 is 0 Å². The van der Waals surface area contributed by atoms with Crippen LogP contribution in [0.1, 0.15) is 38.7 Å². The zero-order valence-electron chi connectivity index (χ0n) is 15.7. The maximum absolute atomic E-state index is 4.44. The second-order valence-electron chi connectivity index (χ2n) is 7.56. The molecule has 1 saturated heterocycles. The minimum atomic E-state index is 0. The number of nitrogens with one attached hydrogen (secondary N) is 2. The van der Waals surface area contributed by atoms with Gasteiger partial charge in [-0.25, -0.2) is 0 Å². The largest absolute Gasteiger partial charge is 0.354 e. The molecule has 1 saturated carbocycles. The van der Waals surface area contributed by atoms with E-state index in [0.717, 1.165) is 11.9 Å². The molecule has 0 bridgehead atoms. The molecule has 3 rings (SSSR count). The summed E-state index contributed by atoms with van der Waals surface area (Å²) >= 11 is 0. The van der Waals surface area contributed by atoms with Crippen molar-refractivity contribution in [3.8, 4) is 0 Å². The standard InChI is InChI=1S/C20H32N4.HI/c1-15(2)24-11-9-18(10-12-24)22-20(21-3)23-19-14-17(19)13-16-7-5-4-6-8-16;/h4-8,15,17-19H,9-14H2,1-3H3,(H2,21,22,23);1H. The van der Waals surface area contributed by atoms with E-state index >= 15 is 0 Å². The Morgan fingerprint density at radius 3 is 2.44 bits per heavy atom. The molecule has 1 aromatic rings. The van der Waals surface area contributed by atoms with E-state index in [-0.39, 0.29) is 24.0 Å². The van der Waals surface area contributed by atoms with Crippen molar-refractivity contribution in [3.63, 3.8) is 0 Å². The van der Waals surface area contributed by atoms with E-state index in [1.54, 1.807) is 0 Å². The molecular formula is C20H33IN4. The topological polar surface area (TPSA) is 39.7 Å². The zero-order chi connectivity index (χ0) is 16.9. The maximum atomic E-state index is 4.44. The van der Waals surface area contributed by atoms with Crippen molar-refractivity contribution in [1.29, 1.82) is 0 Å². The lowest BCUT2D eigenvalue weighted by Crippen LogP contribution is -2.50. The lowest BCUT2D eigenvalue weighted by Gasteiger charge is -2.35. The summed E-state index contributed by atoms with van der Waals surface area (Å²) in [7, 11) is 1.88. The fraction of sp³-hybridized carbons (Fsp3) is 0.650. The third-order valence-electron chi connectivity index (χ3n) is 5.41. The van der Waals surface area contributed by atoms with Gasteiger partial charge in [0.1, 0.15) is 0 Å². The number of halogens is 1. The molecule has 1 aromatic carbocycles.